The topological polar surface area (TPSA) is 38.1 Å². The lowest BCUT2D eigenvalue weighted by Gasteiger charge is -2.04. The molecule has 1 heterocycles. The summed E-state index contributed by atoms with van der Waals surface area (Å²) in [6.07, 6.45) is 1.69. The predicted molar refractivity (Wildman–Crippen MR) is 61.9 cm³/mol. The molecule has 0 radical (unpaired) electrons. The molecule has 0 spiro atoms. The molecule has 78 valence electrons. The molecule has 1 aromatic carbocycles. The SMILES string of the molecule is Cc1c(CO)cnn1-c1ccc(Br)cc1. The molecule has 0 unspecified atom stereocenters. The van der Waals surface area contributed by atoms with Crippen LogP contribution in [0.4, 0.5) is 0 Å². The van der Waals surface area contributed by atoms with E-state index in [4.69, 9.17) is 5.11 Å². The summed E-state index contributed by atoms with van der Waals surface area (Å²) in [5.74, 6) is 0. The number of aromatic nitrogens is 2. The Bertz CT molecular complexity index is 462. The summed E-state index contributed by atoms with van der Waals surface area (Å²) in [4.78, 5) is 0. The molecular weight excluding hydrogens is 256 g/mol. The van der Waals surface area contributed by atoms with Crippen molar-refractivity contribution in [2.24, 2.45) is 0 Å². The van der Waals surface area contributed by atoms with Gasteiger partial charge in [0.05, 0.1) is 18.5 Å². The fourth-order valence-corrected chi connectivity index (χ4v) is 1.71. The highest BCUT2D eigenvalue weighted by Gasteiger charge is 2.06. The van der Waals surface area contributed by atoms with Crippen LogP contribution >= 0.6 is 15.9 Å². The summed E-state index contributed by atoms with van der Waals surface area (Å²) in [5, 5.41) is 13.3. The molecule has 0 saturated heterocycles. The largest absolute Gasteiger partial charge is 0.392 e. The van der Waals surface area contributed by atoms with E-state index in [0.29, 0.717) is 0 Å². The minimum absolute atomic E-state index is 0.0301. The molecule has 4 heteroatoms. The van der Waals surface area contributed by atoms with Gasteiger partial charge in [0, 0.05) is 15.7 Å². The summed E-state index contributed by atoms with van der Waals surface area (Å²) in [7, 11) is 0. The Labute approximate surface area is 96.5 Å². The molecule has 2 rings (SSSR count). The van der Waals surface area contributed by atoms with Gasteiger partial charge in [0.15, 0.2) is 0 Å². The van der Waals surface area contributed by atoms with E-state index in [1.165, 1.54) is 0 Å². The number of aliphatic hydroxyl groups is 1. The van der Waals surface area contributed by atoms with Crippen molar-refractivity contribution in [2.45, 2.75) is 13.5 Å². The van der Waals surface area contributed by atoms with E-state index in [-0.39, 0.29) is 6.61 Å². The van der Waals surface area contributed by atoms with Crippen molar-refractivity contribution in [3.63, 3.8) is 0 Å². The number of halogens is 1. The van der Waals surface area contributed by atoms with Crippen LogP contribution in [0.1, 0.15) is 11.3 Å². The molecule has 0 saturated carbocycles. The second kappa shape index (κ2) is 4.16. The first kappa shape index (κ1) is 10.4. The average molecular weight is 267 g/mol. The second-order valence-electron chi connectivity index (χ2n) is 3.30. The quantitative estimate of drug-likeness (QED) is 0.907. The molecule has 0 aliphatic rings. The Balaban J connectivity index is 2.45. The first-order valence-electron chi connectivity index (χ1n) is 4.62. The highest BCUT2D eigenvalue weighted by atomic mass is 79.9. The lowest BCUT2D eigenvalue weighted by atomic mass is 10.2. The van der Waals surface area contributed by atoms with Crippen LogP contribution < -0.4 is 0 Å². The Morgan fingerprint density at radius 2 is 2.00 bits per heavy atom. The van der Waals surface area contributed by atoms with Crippen LogP contribution in [-0.4, -0.2) is 14.9 Å². The molecule has 1 aromatic heterocycles. The monoisotopic (exact) mass is 266 g/mol. The Morgan fingerprint density at radius 1 is 1.33 bits per heavy atom. The third-order valence-electron chi connectivity index (χ3n) is 2.35. The standard InChI is InChI=1S/C11H11BrN2O/c1-8-9(7-15)6-13-14(8)11-4-2-10(12)3-5-11/h2-6,15H,7H2,1H3. The van der Waals surface area contributed by atoms with E-state index in [1.807, 2.05) is 35.9 Å². The average Bonchev–Trinajstić information content (AvgIpc) is 2.61. The van der Waals surface area contributed by atoms with E-state index in [1.54, 1.807) is 6.20 Å². The third-order valence-corrected chi connectivity index (χ3v) is 2.88. The van der Waals surface area contributed by atoms with Crippen LogP contribution in [-0.2, 0) is 6.61 Å². The number of nitrogens with zero attached hydrogens (tertiary/aromatic N) is 2. The first-order valence-corrected chi connectivity index (χ1v) is 5.42. The van der Waals surface area contributed by atoms with E-state index >= 15 is 0 Å². The summed E-state index contributed by atoms with van der Waals surface area (Å²) < 4.78 is 2.86. The van der Waals surface area contributed by atoms with Gasteiger partial charge in [-0.15, -0.1) is 0 Å². The van der Waals surface area contributed by atoms with Gasteiger partial charge in [0.1, 0.15) is 0 Å². The Morgan fingerprint density at radius 3 is 2.53 bits per heavy atom. The van der Waals surface area contributed by atoms with Crippen molar-refractivity contribution in [3.8, 4) is 5.69 Å². The van der Waals surface area contributed by atoms with E-state index in [0.717, 1.165) is 21.4 Å². The van der Waals surface area contributed by atoms with Gasteiger partial charge in [-0.25, -0.2) is 4.68 Å². The molecule has 0 bridgehead atoms. The van der Waals surface area contributed by atoms with Gasteiger partial charge >= 0.3 is 0 Å². The van der Waals surface area contributed by atoms with Gasteiger partial charge in [0.2, 0.25) is 0 Å². The molecule has 0 aliphatic carbocycles. The maximum Gasteiger partial charge on any atom is 0.0715 e. The highest BCUT2D eigenvalue weighted by molar-refractivity contribution is 9.10. The van der Waals surface area contributed by atoms with Gasteiger partial charge in [0.25, 0.3) is 0 Å². The zero-order chi connectivity index (χ0) is 10.8. The highest BCUT2D eigenvalue weighted by Crippen LogP contribution is 2.16. The number of benzene rings is 1. The molecular formula is C11H11BrN2O. The summed E-state index contributed by atoms with van der Waals surface area (Å²) in [5.41, 5.74) is 2.83. The zero-order valence-electron chi connectivity index (χ0n) is 8.31. The number of rotatable bonds is 2. The van der Waals surface area contributed by atoms with Crippen LogP contribution in [0.3, 0.4) is 0 Å². The van der Waals surface area contributed by atoms with Crippen molar-refractivity contribution in [2.75, 3.05) is 0 Å². The minimum Gasteiger partial charge on any atom is -0.392 e. The molecule has 1 N–H and O–H groups in total. The molecule has 0 fully saturated rings. The van der Waals surface area contributed by atoms with E-state index in [2.05, 4.69) is 21.0 Å². The van der Waals surface area contributed by atoms with Gasteiger partial charge in [-0.05, 0) is 31.2 Å². The molecule has 0 aliphatic heterocycles. The molecule has 15 heavy (non-hydrogen) atoms. The van der Waals surface area contributed by atoms with Crippen molar-refractivity contribution in [1.29, 1.82) is 0 Å². The van der Waals surface area contributed by atoms with Crippen molar-refractivity contribution in [3.05, 3.63) is 46.2 Å². The van der Waals surface area contributed by atoms with Crippen LogP contribution in [0.15, 0.2) is 34.9 Å². The fourth-order valence-electron chi connectivity index (χ4n) is 1.44. The van der Waals surface area contributed by atoms with E-state index in [9.17, 15) is 0 Å². The maximum atomic E-state index is 9.06. The minimum atomic E-state index is 0.0301. The van der Waals surface area contributed by atoms with Crippen molar-refractivity contribution in [1.82, 2.24) is 9.78 Å². The summed E-state index contributed by atoms with van der Waals surface area (Å²) in [6.45, 7) is 1.98. The maximum absolute atomic E-state index is 9.06. The van der Waals surface area contributed by atoms with Crippen LogP contribution in [0.2, 0.25) is 0 Å². The fraction of sp³-hybridized carbons (Fsp3) is 0.182. The normalized spacial score (nSPS) is 10.6. The number of hydrogen-bond donors (Lipinski definition) is 1. The molecule has 3 nitrogen and oxygen atoms in total. The molecule has 0 atom stereocenters. The van der Waals surface area contributed by atoms with Crippen molar-refractivity contribution >= 4 is 15.9 Å². The first-order chi connectivity index (χ1) is 7.22. The van der Waals surface area contributed by atoms with Gasteiger partial charge in [-0.3, -0.25) is 0 Å². The van der Waals surface area contributed by atoms with Crippen LogP contribution in [0.25, 0.3) is 5.69 Å². The molecule has 2 aromatic rings. The van der Waals surface area contributed by atoms with Crippen molar-refractivity contribution < 1.29 is 5.11 Å². The lowest BCUT2D eigenvalue weighted by molar-refractivity contribution is 0.281. The van der Waals surface area contributed by atoms with Crippen LogP contribution in [0, 0.1) is 6.92 Å². The Hall–Kier alpha value is -1.13. The predicted octanol–water partition coefficient (Wildman–Crippen LogP) is 2.44. The van der Waals surface area contributed by atoms with Gasteiger partial charge in [-0.1, -0.05) is 15.9 Å². The summed E-state index contributed by atoms with van der Waals surface area (Å²) >= 11 is 3.39. The second-order valence-corrected chi connectivity index (χ2v) is 4.22. The third kappa shape index (κ3) is 1.96. The van der Waals surface area contributed by atoms with E-state index < -0.39 is 0 Å². The lowest BCUT2D eigenvalue weighted by Crippen LogP contribution is -1.99. The smallest absolute Gasteiger partial charge is 0.0715 e. The number of hydrogen-bond acceptors (Lipinski definition) is 2. The molecule has 0 amide bonds. The Kier molecular flexibility index (Phi) is 2.88. The summed E-state index contributed by atoms with van der Waals surface area (Å²) in [6, 6.07) is 7.89. The van der Waals surface area contributed by atoms with Gasteiger partial charge < -0.3 is 5.11 Å². The number of aliphatic hydroxyl groups excluding tert-OH is 1. The van der Waals surface area contributed by atoms with Gasteiger partial charge in [-0.2, -0.15) is 5.10 Å². The van der Waals surface area contributed by atoms with Crippen LogP contribution in [0.5, 0.6) is 0 Å². The zero-order valence-corrected chi connectivity index (χ0v) is 9.90.